The third-order valence-electron chi connectivity index (χ3n) is 5.38. The molecule has 0 bridgehead atoms. The number of carbonyl (C=O) groups is 3. The third kappa shape index (κ3) is 7.38. The van der Waals surface area contributed by atoms with Gasteiger partial charge in [0.15, 0.2) is 29.6 Å². The second-order valence-corrected chi connectivity index (χ2v) is 8.05. The van der Waals surface area contributed by atoms with Crippen molar-refractivity contribution in [2.75, 3.05) is 32.9 Å². The van der Waals surface area contributed by atoms with E-state index in [9.17, 15) is 14.4 Å². The molecule has 0 fully saturated rings. The SMILES string of the molecule is COc1cccc(NC(=O)COc2ccc(/C=N\NC(=O)C(=O)NCc3ccc4c(c3)OCO4)cc2OC)c1. The standard InChI is InChI=1S/C27H26N4O8/c1-35-20-5-3-4-19(12-20)30-25(32)15-37-21-8-7-18(10-23(21)36-2)14-29-31-27(34)26(33)28-13-17-6-9-22-24(11-17)39-16-38-22/h3-12,14H,13,15-16H2,1-2H3,(H,28,33)(H,30,32)(H,31,34)/b29-14-. The number of nitrogens with zero attached hydrogens (tertiary/aromatic N) is 1. The molecular formula is C27H26N4O8. The Hall–Kier alpha value is -5.26. The molecule has 0 saturated heterocycles. The molecule has 3 amide bonds. The summed E-state index contributed by atoms with van der Waals surface area (Å²) in [6.45, 7) is 0.0245. The molecule has 202 valence electrons. The largest absolute Gasteiger partial charge is 0.497 e. The lowest BCUT2D eigenvalue weighted by Crippen LogP contribution is -2.37. The predicted molar refractivity (Wildman–Crippen MR) is 140 cm³/mol. The Morgan fingerprint density at radius 3 is 2.59 bits per heavy atom. The van der Waals surface area contributed by atoms with Gasteiger partial charge in [-0.2, -0.15) is 5.10 Å². The van der Waals surface area contributed by atoms with Crippen LogP contribution in [0.25, 0.3) is 0 Å². The predicted octanol–water partition coefficient (Wildman–Crippen LogP) is 2.22. The summed E-state index contributed by atoms with van der Waals surface area (Å²) in [5, 5.41) is 9.05. The fourth-order valence-corrected chi connectivity index (χ4v) is 3.45. The average molecular weight is 535 g/mol. The van der Waals surface area contributed by atoms with E-state index in [1.165, 1.54) is 13.3 Å². The van der Waals surface area contributed by atoms with Crippen LogP contribution in [-0.2, 0) is 20.9 Å². The Kier molecular flexibility index (Phi) is 8.80. The van der Waals surface area contributed by atoms with Gasteiger partial charge in [0.2, 0.25) is 6.79 Å². The maximum atomic E-state index is 12.3. The van der Waals surface area contributed by atoms with Gasteiger partial charge in [-0.3, -0.25) is 14.4 Å². The molecule has 0 saturated carbocycles. The van der Waals surface area contributed by atoms with Crippen molar-refractivity contribution in [3.05, 3.63) is 71.8 Å². The first-order valence-electron chi connectivity index (χ1n) is 11.7. The lowest BCUT2D eigenvalue weighted by atomic mass is 10.2. The smallest absolute Gasteiger partial charge is 0.329 e. The molecule has 1 heterocycles. The van der Waals surface area contributed by atoms with Gasteiger partial charge in [-0.25, -0.2) is 5.43 Å². The first-order chi connectivity index (χ1) is 18.9. The lowest BCUT2D eigenvalue weighted by Gasteiger charge is -2.12. The molecule has 0 spiro atoms. The minimum atomic E-state index is -0.930. The van der Waals surface area contributed by atoms with Crippen LogP contribution in [0.3, 0.4) is 0 Å². The zero-order chi connectivity index (χ0) is 27.6. The van der Waals surface area contributed by atoms with Crippen LogP contribution < -0.4 is 39.7 Å². The molecule has 1 aliphatic heterocycles. The monoisotopic (exact) mass is 534 g/mol. The summed E-state index contributed by atoms with van der Waals surface area (Å²) < 4.78 is 26.6. The normalized spacial score (nSPS) is 11.5. The van der Waals surface area contributed by atoms with E-state index in [4.69, 9.17) is 23.7 Å². The molecule has 0 radical (unpaired) electrons. The molecule has 12 nitrogen and oxygen atoms in total. The quantitative estimate of drug-likeness (QED) is 0.204. The molecule has 4 rings (SSSR count). The van der Waals surface area contributed by atoms with E-state index in [1.54, 1.807) is 67.8 Å². The van der Waals surface area contributed by atoms with E-state index >= 15 is 0 Å². The van der Waals surface area contributed by atoms with Crippen molar-refractivity contribution in [1.29, 1.82) is 0 Å². The molecule has 0 aromatic heterocycles. The van der Waals surface area contributed by atoms with E-state index in [2.05, 4.69) is 21.2 Å². The number of amides is 3. The van der Waals surface area contributed by atoms with Crippen LogP contribution in [0.2, 0.25) is 0 Å². The molecule has 0 unspecified atom stereocenters. The Bertz CT molecular complexity index is 1390. The number of carbonyl (C=O) groups excluding carboxylic acids is 3. The number of ether oxygens (including phenoxy) is 5. The van der Waals surface area contributed by atoms with Crippen molar-refractivity contribution in [3.8, 4) is 28.7 Å². The molecule has 3 aromatic carbocycles. The number of rotatable bonds is 10. The minimum absolute atomic E-state index is 0.128. The zero-order valence-corrected chi connectivity index (χ0v) is 21.2. The van der Waals surface area contributed by atoms with Crippen molar-refractivity contribution in [2.24, 2.45) is 5.10 Å². The number of hydrazone groups is 1. The second kappa shape index (κ2) is 12.8. The Balaban J connectivity index is 1.24. The summed E-state index contributed by atoms with van der Waals surface area (Å²) in [6, 6.07) is 17.0. The lowest BCUT2D eigenvalue weighted by molar-refractivity contribution is -0.139. The van der Waals surface area contributed by atoms with E-state index in [0.717, 1.165) is 5.56 Å². The van der Waals surface area contributed by atoms with Gasteiger partial charge in [-0.05, 0) is 53.6 Å². The van der Waals surface area contributed by atoms with Gasteiger partial charge < -0.3 is 34.3 Å². The van der Waals surface area contributed by atoms with Crippen LogP contribution >= 0.6 is 0 Å². The van der Waals surface area contributed by atoms with Gasteiger partial charge in [0.1, 0.15) is 5.75 Å². The highest BCUT2D eigenvalue weighted by molar-refractivity contribution is 6.35. The minimum Gasteiger partial charge on any atom is -0.497 e. The molecular weight excluding hydrogens is 508 g/mol. The second-order valence-electron chi connectivity index (χ2n) is 8.05. The number of fused-ring (bicyclic) bond motifs is 1. The molecule has 3 N–H and O–H groups in total. The highest BCUT2D eigenvalue weighted by atomic mass is 16.7. The Morgan fingerprint density at radius 1 is 0.923 bits per heavy atom. The van der Waals surface area contributed by atoms with Gasteiger partial charge in [0.05, 0.1) is 20.4 Å². The summed E-state index contributed by atoms with van der Waals surface area (Å²) in [5.74, 6) is 0.367. The molecule has 0 atom stereocenters. The Morgan fingerprint density at radius 2 is 1.77 bits per heavy atom. The van der Waals surface area contributed by atoms with Crippen LogP contribution in [0.4, 0.5) is 5.69 Å². The topological polar surface area (TPSA) is 146 Å². The van der Waals surface area contributed by atoms with E-state index in [-0.39, 0.29) is 25.9 Å². The van der Waals surface area contributed by atoms with Crippen LogP contribution in [-0.4, -0.2) is 51.6 Å². The molecule has 1 aliphatic rings. The van der Waals surface area contributed by atoms with Crippen LogP contribution in [0, 0.1) is 0 Å². The molecule has 0 aliphatic carbocycles. The average Bonchev–Trinajstić information content (AvgIpc) is 3.43. The van der Waals surface area contributed by atoms with E-state index in [0.29, 0.717) is 40.0 Å². The number of hydrogen-bond donors (Lipinski definition) is 3. The highest BCUT2D eigenvalue weighted by Crippen LogP contribution is 2.32. The summed E-state index contributed by atoms with van der Waals surface area (Å²) in [4.78, 5) is 36.4. The fraction of sp³-hybridized carbons (Fsp3) is 0.185. The van der Waals surface area contributed by atoms with Crippen molar-refractivity contribution in [1.82, 2.24) is 10.7 Å². The summed E-state index contributed by atoms with van der Waals surface area (Å²) in [7, 11) is 2.99. The highest BCUT2D eigenvalue weighted by Gasteiger charge is 2.16. The summed E-state index contributed by atoms with van der Waals surface area (Å²) >= 11 is 0. The van der Waals surface area contributed by atoms with Gasteiger partial charge in [0.25, 0.3) is 5.91 Å². The zero-order valence-electron chi connectivity index (χ0n) is 21.2. The van der Waals surface area contributed by atoms with Crippen molar-refractivity contribution in [3.63, 3.8) is 0 Å². The number of methoxy groups -OCH3 is 2. The van der Waals surface area contributed by atoms with Gasteiger partial charge in [-0.1, -0.05) is 12.1 Å². The van der Waals surface area contributed by atoms with Gasteiger partial charge in [0, 0.05) is 18.3 Å². The van der Waals surface area contributed by atoms with Crippen LogP contribution in [0.5, 0.6) is 28.7 Å². The first-order valence-corrected chi connectivity index (χ1v) is 11.7. The van der Waals surface area contributed by atoms with Crippen molar-refractivity contribution < 1.29 is 38.1 Å². The van der Waals surface area contributed by atoms with Crippen molar-refractivity contribution in [2.45, 2.75) is 6.54 Å². The molecule has 12 heteroatoms. The van der Waals surface area contributed by atoms with E-state index < -0.39 is 11.8 Å². The Labute approximate surface area is 223 Å². The molecule has 3 aromatic rings. The summed E-state index contributed by atoms with van der Waals surface area (Å²) in [5.41, 5.74) is 4.05. The number of benzene rings is 3. The van der Waals surface area contributed by atoms with Gasteiger partial charge in [-0.15, -0.1) is 0 Å². The number of hydrogen-bond acceptors (Lipinski definition) is 9. The van der Waals surface area contributed by atoms with Crippen molar-refractivity contribution >= 4 is 29.6 Å². The molecule has 39 heavy (non-hydrogen) atoms. The maximum Gasteiger partial charge on any atom is 0.329 e. The maximum absolute atomic E-state index is 12.3. The van der Waals surface area contributed by atoms with Gasteiger partial charge >= 0.3 is 11.8 Å². The number of nitrogens with one attached hydrogen (secondary N) is 3. The number of anilines is 1. The van der Waals surface area contributed by atoms with Crippen LogP contribution in [0.1, 0.15) is 11.1 Å². The fourth-order valence-electron chi connectivity index (χ4n) is 3.45. The van der Waals surface area contributed by atoms with Crippen LogP contribution in [0.15, 0.2) is 65.8 Å². The summed E-state index contributed by atoms with van der Waals surface area (Å²) in [6.07, 6.45) is 1.34. The van der Waals surface area contributed by atoms with E-state index in [1.807, 2.05) is 0 Å². The first kappa shape index (κ1) is 26.8. The third-order valence-corrected chi connectivity index (χ3v) is 5.38.